The number of hydrogen-bond acceptors (Lipinski definition) is 4. The summed E-state index contributed by atoms with van der Waals surface area (Å²) < 4.78 is 1.51. The number of benzene rings is 1. The largest absolute Gasteiger partial charge is 0.392 e. The molecule has 5 nitrogen and oxygen atoms in total. The summed E-state index contributed by atoms with van der Waals surface area (Å²) in [6.45, 7) is 0.459. The van der Waals surface area contributed by atoms with E-state index in [0.29, 0.717) is 17.9 Å². The number of pyridine rings is 1. The van der Waals surface area contributed by atoms with Crippen molar-refractivity contribution in [2.45, 2.75) is 13.2 Å². The van der Waals surface area contributed by atoms with Crippen molar-refractivity contribution < 1.29 is 5.11 Å². The fraction of sp³-hybridized carbons (Fsp3) is 0.125. The van der Waals surface area contributed by atoms with Gasteiger partial charge in [0.1, 0.15) is 5.65 Å². The van der Waals surface area contributed by atoms with Gasteiger partial charge in [-0.05, 0) is 29.8 Å². The highest BCUT2D eigenvalue weighted by atomic mass is 16.3. The molecular formula is C16H15N3O2. The summed E-state index contributed by atoms with van der Waals surface area (Å²) in [7, 11) is 0. The molecular weight excluding hydrogens is 266 g/mol. The van der Waals surface area contributed by atoms with E-state index in [2.05, 4.69) is 10.3 Å². The third kappa shape index (κ3) is 2.93. The van der Waals surface area contributed by atoms with Crippen molar-refractivity contribution in [2.24, 2.45) is 0 Å². The third-order valence-corrected chi connectivity index (χ3v) is 3.21. The quantitative estimate of drug-likeness (QED) is 0.765. The zero-order valence-electron chi connectivity index (χ0n) is 11.4. The smallest absolute Gasteiger partial charge is 0.258 e. The first-order valence-electron chi connectivity index (χ1n) is 6.67. The van der Waals surface area contributed by atoms with Crippen LogP contribution in [0.5, 0.6) is 0 Å². The van der Waals surface area contributed by atoms with E-state index in [9.17, 15) is 4.79 Å². The van der Waals surface area contributed by atoms with Crippen LogP contribution in [0.1, 0.15) is 11.3 Å². The average molecular weight is 281 g/mol. The monoisotopic (exact) mass is 281 g/mol. The minimum atomic E-state index is -0.0958. The molecule has 0 atom stereocenters. The van der Waals surface area contributed by atoms with Crippen LogP contribution >= 0.6 is 0 Å². The van der Waals surface area contributed by atoms with Gasteiger partial charge < -0.3 is 10.4 Å². The summed E-state index contributed by atoms with van der Waals surface area (Å²) in [6.07, 6.45) is 1.70. The molecule has 5 heteroatoms. The van der Waals surface area contributed by atoms with E-state index in [1.807, 2.05) is 30.3 Å². The molecule has 0 aliphatic heterocycles. The first-order chi connectivity index (χ1) is 10.3. The standard InChI is InChI=1S/C16H15N3O2/c20-11-12-4-3-5-13(8-12)17-10-14-9-16(21)19-7-2-1-6-15(19)18-14/h1-9,17,20H,10-11H2. The molecule has 2 aromatic heterocycles. The van der Waals surface area contributed by atoms with Gasteiger partial charge in [-0.1, -0.05) is 18.2 Å². The molecule has 0 saturated carbocycles. The molecule has 3 rings (SSSR count). The van der Waals surface area contributed by atoms with Gasteiger partial charge in [0.15, 0.2) is 0 Å². The maximum absolute atomic E-state index is 12.0. The predicted molar refractivity (Wildman–Crippen MR) is 81.2 cm³/mol. The molecule has 106 valence electrons. The number of fused-ring (bicyclic) bond motifs is 1. The Balaban J connectivity index is 1.83. The Kier molecular flexibility index (Phi) is 3.66. The van der Waals surface area contributed by atoms with Crippen molar-refractivity contribution in [3.05, 3.63) is 76.3 Å². The molecule has 21 heavy (non-hydrogen) atoms. The number of nitrogens with zero attached hydrogens (tertiary/aromatic N) is 2. The lowest BCUT2D eigenvalue weighted by Gasteiger charge is -2.08. The van der Waals surface area contributed by atoms with Crippen LogP contribution in [0.15, 0.2) is 59.5 Å². The molecule has 2 N–H and O–H groups in total. The van der Waals surface area contributed by atoms with Crippen LogP contribution < -0.4 is 10.9 Å². The molecule has 3 aromatic rings. The van der Waals surface area contributed by atoms with E-state index < -0.39 is 0 Å². The highest BCUT2D eigenvalue weighted by Crippen LogP contribution is 2.11. The van der Waals surface area contributed by atoms with Gasteiger partial charge in [0.2, 0.25) is 0 Å². The van der Waals surface area contributed by atoms with Gasteiger partial charge >= 0.3 is 0 Å². The molecule has 2 heterocycles. The van der Waals surface area contributed by atoms with E-state index in [1.54, 1.807) is 18.3 Å². The average Bonchev–Trinajstić information content (AvgIpc) is 2.53. The maximum atomic E-state index is 12.0. The number of nitrogens with one attached hydrogen (secondary N) is 1. The Morgan fingerprint density at radius 2 is 2.05 bits per heavy atom. The van der Waals surface area contributed by atoms with E-state index in [-0.39, 0.29) is 12.2 Å². The normalized spacial score (nSPS) is 10.7. The molecule has 1 aromatic carbocycles. The topological polar surface area (TPSA) is 66.6 Å². The molecule has 0 aliphatic rings. The highest BCUT2D eigenvalue weighted by Gasteiger charge is 2.02. The van der Waals surface area contributed by atoms with Gasteiger partial charge in [0.05, 0.1) is 18.8 Å². The van der Waals surface area contributed by atoms with E-state index in [0.717, 1.165) is 11.3 Å². The number of aliphatic hydroxyl groups is 1. The van der Waals surface area contributed by atoms with Crippen molar-refractivity contribution in [1.82, 2.24) is 9.38 Å². The van der Waals surface area contributed by atoms with Gasteiger partial charge in [-0.15, -0.1) is 0 Å². The molecule has 0 radical (unpaired) electrons. The zero-order valence-corrected chi connectivity index (χ0v) is 11.4. The molecule has 0 bridgehead atoms. The van der Waals surface area contributed by atoms with Crippen molar-refractivity contribution >= 4 is 11.3 Å². The fourth-order valence-corrected chi connectivity index (χ4v) is 2.17. The first kappa shape index (κ1) is 13.3. The highest BCUT2D eigenvalue weighted by molar-refractivity contribution is 5.46. The lowest BCUT2D eigenvalue weighted by molar-refractivity contribution is 0.282. The molecule has 0 amide bonds. The Morgan fingerprint density at radius 1 is 1.14 bits per heavy atom. The molecule has 0 spiro atoms. The van der Waals surface area contributed by atoms with Crippen LogP contribution in [0, 0.1) is 0 Å². The minimum Gasteiger partial charge on any atom is -0.392 e. The third-order valence-electron chi connectivity index (χ3n) is 3.21. The molecule has 0 fully saturated rings. The SMILES string of the molecule is O=c1cc(CNc2cccc(CO)c2)nc2ccccn12. The van der Waals surface area contributed by atoms with Crippen LogP contribution in [0.3, 0.4) is 0 Å². The fourth-order valence-electron chi connectivity index (χ4n) is 2.17. The number of aromatic nitrogens is 2. The van der Waals surface area contributed by atoms with Crippen LogP contribution in [-0.4, -0.2) is 14.5 Å². The van der Waals surface area contributed by atoms with Crippen molar-refractivity contribution in [3.8, 4) is 0 Å². The van der Waals surface area contributed by atoms with Crippen LogP contribution in [0.25, 0.3) is 5.65 Å². The Labute approximate surface area is 121 Å². The number of aliphatic hydroxyl groups excluding tert-OH is 1. The van der Waals surface area contributed by atoms with Crippen LogP contribution in [0.4, 0.5) is 5.69 Å². The second-order valence-electron chi connectivity index (χ2n) is 4.73. The minimum absolute atomic E-state index is 0.00505. The molecule has 0 aliphatic carbocycles. The predicted octanol–water partition coefficient (Wildman–Crippen LogP) is 1.80. The van der Waals surface area contributed by atoms with E-state index >= 15 is 0 Å². The first-order valence-corrected chi connectivity index (χ1v) is 6.67. The number of rotatable bonds is 4. The molecule has 0 unspecified atom stereocenters. The summed E-state index contributed by atoms with van der Waals surface area (Å²) >= 11 is 0. The van der Waals surface area contributed by atoms with E-state index in [1.165, 1.54) is 10.5 Å². The van der Waals surface area contributed by atoms with Crippen molar-refractivity contribution in [1.29, 1.82) is 0 Å². The van der Waals surface area contributed by atoms with Crippen LogP contribution in [-0.2, 0) is 13.2 Å². The maximum Gasteiger partial charge on any atom is 0.258 e. The van der Waals surface area contributed by atoms with Gasteiger partial charge in [-0.25, -0.2) is 4.98 Å². The van der Waals surface area contributed by atoms with E-state index in [4.69, 9.17) is 5.11 Å². The summed E-state index contributed by atoms with van der Waals surface area (Å²) in [5.74, 6) is 0. The Bertz CT molecular complexity index is 827. The van der Waals surface area contributed by atoms with Crippen molar-refractivity contribution in [3.63, 3.8) is 0 Å². The van der Waals surface area contributed by atoms with Gasteiger partial charge in [-0.2, -0.15) is 0 Å². The van der Waals surface area contributed by atoms with Gasteiger partial charge in [0.25, 0.3) is 5.56 Å². The Morgan fingerprint density at radius 3 is 2.90 bits per heavy atom. The summed E-state index contributed by atoms with van der Waals surface area (Å²) in [4.78, 5) is 16.4. The van der Waals surface area contributed by atoms with Crippen LogP contribution in [0.2, 0.25) is 0 Å². The number of anilines is 1. The zero-order chi connectivity index (χ0) is 14.7. The van der Waals surface area contributed by atoms with Gasteiger partial charge in [0, 0.05) is 18.0 Å². The van der Waals surface area contributed by atoms with Crippen molar-refractivity contribution in [2.75, 3.05) is 5.32 Å². The molecule has 0 saturated heterocycles. The lowest BCUT2D eigenvalue weighted by Crippen LogP contribution is -2.16. The lowest BCUT2D eigenvalue weighted by atomic mass is 10.2. The number of hydrogen-bond donors (Lipinski definition) is 2. The summed E-state index contributed by atoms with van der Waals surface area (Å²) in [5, 5.41) is 12.3. The summed E-state index contributed by atoms with van der Waals surface area (Å²) in [6, 6.07) is 14.5. The Hall–Kier alpha value is -2.66. The van der Waals surface area contributed by atoms with Gasteiger partial charge in [-0.3, -0.25) is 9.20 Å². The summed E-state index contributed by atoms with van der Waals surface area (Å²) in [5.41, 5.74) is 2.94. The second kappa shape index (κ2) is 5.76. The second-order valence-corrected chi connectivity index (χ2v) is 4.73.